The number of nitrogens with one attached hydrogen (secondary N) is 2. The van der Waals surface area contributed by atoms with Crippen LogP contribution in [0.1, 0.15) is 13.3 Å². The van der Waals surface area contributed by atoms with Gasteiger partial charge in [0.1, 0.15) is 5.75 Å². The van der Waals surface area contributed by atoms with Crippen molar-refractivity contribution in [2.45, 2.75) is 13.3 Å². The molecule has 20 heavy (non-hydrogen) atoms. The number of nitrogens with zero attached hydrogens (tertiary/aromatic N) is 1. The molecule has 0 unspecified atom stereocenters. The lowest BCUT2D eigenvalue weighted by atomic mass is 10.3. The van der Waals surface area contributed by atoms with E-state index in [9.17, 15) is 0 Å². The molecule has 4 nitrogen and oxygen atoms in total. The normalized spacial score (nSPS) is 16.0. The Bertz CT molecular complexity index is 427. The van der Waals surface area contributed by atoms with Crippen molar-refractivity contribution in [3.05, 3.63) is 24.3 Å². The van der Waals surface area contributed by atoms with Crippen molar-refractivity contribution in [3.63, 3.8) is 0 Å². The van der Waals surface area contributed by atoms with Gasteiger partial charge in [-0.3, -0.25) is 0 Å². The molecule has 0 amide bonds. The average molecular weight is 294 g/mol. The first-order valence-electron chi connectivity index (χ1n) is 7.26. The highest BCUT2D eigenvalue weighted by molar-refractivity contribution is 7.80. The predicted octanol–water partition coefficient (Wildman–Crippen LogP) is 1.00. The van der Waals surface area contributed by atoms with E-state index in [0.29, 0.717) is 0 Å². The second-order valence-electron chi connectivity index (χ2n) is 5.15. The van der Waals surface area contributed by atoms with E-state index in [0.717, 1.165) is 29.6 Å². The molecule has 0 aliphatic carbocycles. The lowest BCUT2D eigenvalue weighted by Gasteiger charge is -2.33. The number of methoxy groups -OCH3 is 1. The van der Waals surface area contributed by atoms with Crippen LogP contribution in [0.25, 0.3) is 0 Å². The molecule has 0 bridgehead atoms. The molecule has 1 saturated heterocycles. The molecule has 1 aromatic carbocycles. The summed E-state index contributed by atoms with van der Waals surface area (Å²) in [6.07, 6.45) is 1.25. The summed E-state index contributed by atoms with van der Waals surface area (Å²) in [6, 6.07) is 7.86. The molecule has 5 heteroatoms. The van der Waals surface area contributed by atoms with Crippen molar-refractivity contribution in [2.75, 3.05) is 45.2 Å². The Hall–Kier alpha value is -1.33. The van der Waals surface area contributed by atoms with E-state index in [1.54, 1.807) is 12.0 Å². The summed E-state index contributed by atoms with van der Waals surface area (Å²) < 4.78 is 5.15. The van der Waals surface area contributed by atoms with Crippen LogP contribution in [0, 0.1) is 0 Å². The topological polar surface area (TPSA) is 28.9 Å². The Morgan fingerprint density at radius 1 is 1.30 bits per heavy atom. The fraction of sp³-hybridized carbons (Fsp3) is 0.533. The molecule has 1 aliphatic rings. The van der Waals surface area contributed by atoms with E-state index in [1.807, 2.05) is 24.3 Å². The molecular weight excluding hydrogens is 270 g/mol. The molecule has 0 atom stereocenters. The Balaban J connectivity index is 1.83. The van der Waals surface area contributed by atoms with Gasteiger partial charge in [0.05, 0.1) is 39.8 Å². The lowest BCUT2D eigenvalue weighted by molar-refractivity contribution is -0.903. The summed E-state index contributed by atoms with van der Waals surface area (Å²) in [5.74, 6) is 0.859. The molecule has 1 heterocycles. The van der Waals surface area contributed by atoms with Gasteiger partial charge < -0.3 is 19.9 Å². The van der Waals surface area contributed by atoms with Gasteiger partial charge in [-0.2, -0.15) is 0 Å². The number of piperazine rings is 1. The number of hydrogen-bond donors (Lipinski definition) is 2. The van der Waals surface area contributed by atoms with Gasteiger partial charge in [0.15, 0.2) is 5.11 Å². The zero-order chi connectivity index (χ0) is 14.4. The fourth-order valence-electron chi connectivity index (χ4n) is 2.51. The molecule has 0 spiro atoms. The Morgan fingerprint density at radius 2 is 1.95 bits per heavy atom. The number of quaternary nitrogens is 1. The second-order valence-corrected chi connectivity index (χ2v) is 5.53. The minimum atomic E-state index is 0.825. The molecule has 2 N–H and O–H groups in total. The molecule has 1 aliphatic heterocycles. The minimum absolute atomic E-state index is 0.825. The summed E-state index contributed by atoms with van der Waals surface area (Å²) >= 11 is 5.49. The summed E-state index contributed by atoms with van der Waals surface area (Å²) in [5, 5.41) is 4.13. The number of thiocarbonyl (C=S) groups is 1. The highest BCUT2D eigenvalue weighted by Gasteiger charge is 2.20. The van der Waals surface area contributed by atoms with Crippen LogP contribution >= 0.6 is 12.2 Å². The zero-order valence-corrected chi connectivity index (χ0v) is 13.1. The van der Waals surface area contributed by atoms with Gasteiger partial charge in [-0.15, -0.1) is 0 Å². The monoisotopic (exact) mass is 294 g/mol. The van der Waals surface area contributed by atoms with Crippen molar-refractivity contribution < 1.29 is 9.64 Å². The minimum Gasteiger partial charge on any atom is -0.497 e. The van der Waals surface area contributed by atoms with Crippen LogP contribution in [-0.2, 0) is 0 Å². The van der Waals surface area contributed by atoms with Gasteiger partial charge in [0, 0.05) is 5.69 Å². The first kappa shape index (κ1) is 15.1. The lowest BCUT2D eigenvalue weighted by Crippen LogP contribution is -3.14. The highest BCUT2D eigenvalue weighted by atomic mass is 32.1. The van der Waals surface area contributed by atoms with Crippen LogP contribution in [-0.4, -0.2) is 49.8 Å². The van der Waals surface area contributed by atoms with Crippen molar-refractivity contribution in [1.29, 1.82) is 0 Å². The fourth-order valence-corrected chi connectivity index (χ4v) is 2.81. The highest BCUT2D eigenvalue weighted by Crippen LogP contribution is 2.15. The van der Waals surface area contributed by atoms with Crippen molar-refractivity contribution in [3.8, 4) is 5.75 Å². The van der Waals surface area contributed by atoms with E-state index < -0.39 is 0 Å². The Morgan fingerprint density at radius 3 is 2.50 bits per heavy atom. The van der Waals surface area contributed by atoms with Crippen molar-refractivity contribution in [2.24, 2.45) is 0 Å². The quantitative estimate of drug-likeness (QED) is 0.811. The third kappa shape index (κ3) is 4.08. The molecule has 2 rings (SSSR count). The van der Waals surface area contributed by atoms with Crippen molar-refractivity contribution >= 4 is 23.0 Å². The number of anilines is 1. The SMILES string of the molecule is CCC[NH+]1CCN(C(=S)Nc2ccc(OC)cc2)CC1. The largest absolute Gasteiger partial charge is 0.497 e. The van der Waals surface area contributed by atoms with Gasteiger partial charge >= 0.3 is 0 Å². The molecule has 0 aromatic heterocycles. The molecule has 110 valence electrons. The number of benzene rings is 1. The first-order chi connectivity index (χ1) is 9.72. The summed E-state index contributed by atoms with van der Waals surface area (Å²) in [6.45, 7) is 7.95. The molecule has 0 saturated carbocycles. The third-order valence-electron chi connectivity index (χ3n) is 3.70. The summed E-state index contributed by atoms with van der Waals surface area (Å²) in [7, 11) is 1.67. The van der Waals surface area contributed by atoms with Crippen molar-refractivity contribution in [1.82, 2.24) is 4.90 Å². The number of hydrogen-bond acceptors (Lipinski definition) is 2. The number of rotatable bonds is 4. The number of ether oxygens (including phenoxy) is 1. The van der Waals surface area contributed by atoms with Gasteiger partial charge in [0.25, 0.3) is 0 Å². The van der Waals surface area contributed by atoms with Gasteiger partial charge in [0.2, 0.25) is 0 Å². The molecule has 0 radical (unpaired) electrons. The first-order valence-corrected chi connectivity index (χ1v) is 7.67. The maximum absolute atomic E-state index is 5.49. The standard InChI is InChI=1S/C15H23N3OS/c1-3-8-17-9-11-18(12-10-17)15(20)16-13-4-6-14(19-2)7-5-13/h4-7H,3,8-12H2,1-2H3,(H,16,20)/p+1. The summed E-state index contributed by atoms with van der Waals surface area (Å²) in [5.41, 5.74) is 1.01. The van der Waals surface area contributed by atoms with E-state index in [2.05, 4.69) is 17.1 Å². The Kier molecular flexibility index (Phi) is 5.61. The summed E-state index contributed by atoms with van der Waals surface area (Å²) in [4.78, 5) is 3.95. The van der Waals surface area contributed by atoms with Crippen LogP contribution in [0.3, 0.4) is 0 Å². The van der Waals surface area contributed by atoms with E-state index in [-0.39, 0.29) is 0 Å². The maximum Gasteiger partial charge on any atom is 0.173 e. The molecular formula is C15H24N3OS+. The zero-order valence-electron chi connectivity index (χ0n) is 12.3. The van der Waals surface area contributed by atoms with Crippen LogP contribution in [0.2, 0.25) is 0 Å². The average Bonchev–Trinajstić information content (AvgIpc) is 2.49. The van der Waals surface area contributed by atoms with Gasteiger partial charge in [-0.1, -0.05) is 6.92 Å². The second kappa shape index (κ2) is 7.45. The van der Waals surface area contributed by atoms with Gasteiger partial charge in [-0.25, -0.2) is 0 Å². The van der Waals surface area contributed by atoms with Gasteiger partial charge in [-0.05, 0) is 42.9 Å². The molecule has 1 fully saturated rings. The predicted molar refractivity (Wildman–Crippen MR) is 86.6 cm³/mol. The van der Waals surface area contributed by atoms with E-state index in [4.69, 9.17) is 17.0 Å². The van der Waals surface area contributed by atoms with E-state index >= 15 is 0 Å². The van der Waals surface area contributed by atoms with Crippen LogP contribution in [0.15, 0.2) is 24.3 Å². The van der Waals surface area contributed by atoms with Crippen LogP contribution < -0.4 is 15.0 Å². The maximum atomic E-state index is 5.49. The van der Waals surface area contributed by atoms with E-state index in [1.165, 1.54) is 26.1 Å². The van der Waals surface area contributed by atoms with Crippen LogP contribution in [0.5, 0.6) is 5.75 Å². The Labute approximate surface area is 126 Å². The van der Waals surface area contributed by atoms with Crippen LogP contribution in [0.4, 0.5) is 5.69 Å². The molecule has 1 aromatic rings. The smallest absolute Gasteiger partial charge is 0.173 e. The third-order valence-corrected chi connectivity index (χ3v) is 4.06.